The molecule has 22 heavy (non-hydrogen) atoms. The van der Waals surface area contributed by atoms with Gasteiger partial charge in [-0.05, 0) is 36.4 Å². The maximum atomic E-state index is 8.65. The molecular formula is C18H18O4. The van der Waals surface area contributed by atoms with Gasteiger partial charge in [0.15, 0.2) is 0 Å². The molecule has 0 amide bonds. The van der Waals surface area contributed by atoms with Crippen LogP contribution in [0.1, 0.15) is 0 Å². The van der Waals surface area contributed by atoms with Crippen LogP contribution in [0.5, 0.6) is 23.0 Å². The highest BCUT2D eigenvalue weighted by atomic mass is 16.3. The molecule has 0 spiro atoms. The van der Waals surface area contributed by atoms with E-state index in [0.717, 1.165) is 0 Å². The van der Waals surface area contributed by atoms with Gasteiger partial charge < -0.3 is 20.4 Å². The van der Waals surface area contributed by atoms with Crippen LogP contribution in [0.15, 0.2) is 84.9 Å². The van der Waals surface area contributed by atoms with E-state index >= 15 is 0 Å². The van der Waals surface area contributed by atoms with Crippen molar-refractivity contribution in [3.63, 3.8) is 0 Å². The summed E-state index contributed by atoms with van der Waals surface area (Å²) in [5.41, 5.74) is 0. The molecule has 0 unspecified atom stereocenters. The number of phenolic OH excluding ortho intramolecular Hbond substituents is 4. The molecule has 4 N–H and O–H groups in total. The van der Waals surface area contributed by atoms with Crippen LogP contribution in [0.3, 0.4) is 0 Å². The standard InChI is InChI=1S/C6H6O2.2C6H6O/c7-5-2-1-3-6(8)4-5;2*7-6-4-2-1-3-5-6/h1-4,7-8H;2*1-5,7H. The van der Waals surface area contributed by atoms with E-state index in [4.69, 9.17) is 20.4 Å². The van der Waals surface area contributed by atoms with Gasteiger partial charge in [0.1, 0.15) is 23.0 Å². The number of phenols is 4. The quantitative estimate of drug-likeness (QED) is 0.507. The Balaban J connectivity index is 0.000000166. The molecule has 0 aromatic heterocycles. The summed E-state index contributed by atoms with van der Waals surface area (Å²) in [7, 11) is 0. The van der Waals surface area contributed by atoms with E-state index in [1.165, 1.54) is 18.2 Å². The van der Waals surface area contributed by atoms with E-state index in [9.17, 15) is 0 Å². The molecule has 114 valence electrons. The van der Waals surface area contributed by atoms with Gasteiger partial charge >= 0.3 is 0 Å². The minimum atomic E-state index is 0.0880. The molecule has 0 bridgehead atoms. The number of hydrogen-bond donors (Lipinski definition) is 4. The van der Waals surface area contributed by atoms with Gasteiger partial charge in [0.05, 0.1) is 0 Å². The highest BCUT2D eigenvalue weighted by Crippen LogP contribution is 2.14. The van der Waals surface area contributed by atoms with E-state index in [1.807, 2.05) is 12.1 Å². The smallest absolute Gasteiger partial charge is 0.119 e. The summed E-state index contributed by atoms with van der Waals surface area (Å²) >= 11 is 0. The van der Waals surface area contributed by atoms with Crippen LogP contribution in [-0.4, -0.2) is 20.4 Å². The number of para-hydroxylation sites is 2. The molecule has 3 aromatic rings. The fraction of sp³-hybridized carbons (Fsp3) is 0. The molecule has 0 aliphatic rings. The molecule has 0 radical (unpaired) electrons. The van der Waals surface area contributed by atoms with Gasteiger partial charge in [-0.15, -0.1) is 0 Å². The van der Waals surface area contributed by atoms with Crippen LogP contribution in [-0.2, 0) is 0 Å². The first-order valence-corrected chi connectivity index (χ1v) is 6.54. The molecule has 0 heterocycles. The van der Waals surface area contributed by atoms with Crippen molar-refractivity contribution in [1.29, 1.82) is 0 Å². The number of rotatable bonds is 0. The van der Waals surface area contributed by atoms with Crippen molar-refractivity contribution in [3.05, 3.63) is 84.9 Å². The number of aromatic hydroxyl groups is 4. The first kappa shape index (κ1) is 16.9. The molecule has 4 heteroatoms. The lowest BCUT2D eigenvalue weighted by molar-refractivity contribution is 0.450. The zero-order valence-corrected chi connectivity index (χ0v) is 11.9. The Labute approximate surface area is 129 Å². The SMILES string of the molecule is Oc1cccc(O)c1.Oc1ccccc1.Oc1ccccc1. The molecule has 0 saturated heterocycles. The Morgan fingerprint density at radius 2 is 0.682 bits per heavy atom. The predicted octanol–water partition coefficient (Wildman–Crippen LogP) is 3.88. The molecule has 3 rings (SSSR count). The van der Waals surface area contributed by atoms with Gasteiger partial charge in [-0.3, -0.25) is 0 Å². The summed E-state index contributed by atoms with van der Waals surface area (Å²) in [5, 5.41) is 34.6. The molecule has 0 aliphatic carbocycles. The lowest BCUT2D eigenvalue weighted by atomic mass is 10.3. The Bertz CT molecular complexity index is 585. The zero-order valence-electron chi connectivity index (χ0n) is 11.9. The fourth-order valence-electron chi connectivity index (χ4n) is 1.35. The van der Waals surface area contributed by atoms with Crippen molar-refractivity contribution in [2.45, 2.75) is 0 Å². The summed E-state index contributed by atoms with van der Waals surface area (Å²) in [6, 6.07) is 23.3. The van der Waals surface area contributed by atoms with Gasteiger partial charge in [-0.25, -0.2) is 0 Å². The average Bonchev–Trinajstić information content (AvgIpc) is 2.50. The van der Waals surface area contributed by atoms with Gasteiger partial charge in [0.25, 0.3) is 0 Å². The largest absolute Gasteiger partial charge is 0.508 e. The normalized spacial score (nSPS) is 8.73. The second kappa shape index (κ2) is 9.72. The van der Waals surface area contributed by atoms with Gasteiger partial charge in [0, 0.05) is 6.07 Å². The van der Waals surface area contributed by atoms with E-state index in [0.29, 0.717) is 11.5 Å². The maximum absolute atomic E-state index is 8.65. The molecular weight excluding hydrogens is 280 g/mol. The topological polar surface area (TPSA) is 80.9 Å². The Morgan fingerprint density at radius 3 is 0.864 bits per heavy atom. The zero-order chi connectivity index (χ0) is 16.2. The average molecular weight is 298 g/mol. The second-order valence-corrected chi connectivity index (χ2v) is 4.19. The summed E-state index contributed by atoms with van der Waals surface area (Å²) in [5.74, 6) is 0.819. The first-order chi connectivity index (χ1) is 10.6. The third-order valence-electron chi connectivity index (χ3n) is 2.34. The molecule has 0 fully saturated rings. The van der Waals surface area contributed by atoms with E-state index in [-0.39, 0.29) is 11.5 Å². The lowest BCUT2D eigenvalue weighted by Gasteiger charge is -1.89. The van der Waals surface area contributed by atoms with Gasteiger partial charge in [-0.1, -0.05) is 42.5 Å². The lowest BCUT2D eigenvalue weighted by Crippen LogP contribution is -1.61. The van der Waals surface area contributed by atoms with Crippen LogP contribution in [0.25, 0.3) is 0 Å². The predicted molar refractivity (Wildman–Crippen MR) is 86.0 cm³/mol. The third-order valence-corrected chi connectivity index (χ3v) is 2.34. The summed E-state index contributed by atoms with van der Waals surface area (Å²) in [6.07, 6.45) is 0. The molecule has 3 aromatic carbocycles. The minimum absolute atomic E-state index is 0.0880. The summed E-state index contributed by atoms with van der Waals surface area (Å²) in [4.78, 5) is 0. The van der Waals surface area contributed by atoms with Crippen molar-refractivity contribution in [1.82, 2.24) is 0 Å². The van der Waals surface area contributed by atoms with Gasteiger partial charge in [0.2, 0.25) is 0 Å². The van der Waals surface area contributed by atoms with Gasteiger partial charge in [-0.2, -0.15) is 0 Å². The maximum Gasteiger partial charge on any atom is 0.119 e. The monoisotopic (exact) mass is 298 g/mol. The van der Waals surface area contributed by atoms with Crippen molar-refractivity contribution in [2.75, 3.05) is 0 Å². The van der Waals surface area contributed by atoms with E-state index in [2.05, 4.69) is 0 Å². The van der Waals surface area contributed by atoms with Crippen LogP contribution >= 0.6 is 0 Å². The highest BCUT2D eigenvalue weighted by molar-refractivity contribution is 5.30. The van der Waals surface area contributed by atoms with Crippen LogP contribution in [0.2, 0.25) is 0 Å². The van der Waals surface area contributed by atoms with Crippen molar-refractivity contribution in [2.24, 2.45) is 0 Å². The number of hydrogen-bond acceptors (Lipinski definition) is 4. The number of benzene rings is 3. The van der Waals surface area contributed by atoms with Crippen LogP contribution in [0, 0.1) is 0 Å². The molecule has 4 nitrogen and oxygen atoms in total. The summed E-state index contributed by atoms with van der Waals surface area (Å²) < 4.78 is 0. The van der Waals surface area contributed by atoms with Crippen LogP contribution in [0.4, 0.5) is 0 Å². The molecule has 0 saturated carbocycles. The molecule has 0 atom stereocenters. The highest BCUT2D eigenvalue weighted by Gasteiger charge is 1.85. The Hall–Kier alpha value is -3.14. The Kier molecular flexibility index (Phi) is 7.47. The first-order valence-electron chi connectivity index (χ1n) is 6.54. The Morgan fingerprint density at radius 1 is 0.364 bits per heavy atom. The van der Waals surface area contributed by atoms with E-state index in [1.54, 1.807) is 54.6 Å². The van der Waals surface area contributed by atoms with Crippen molar-refractivity contribution >= 4 is 0 Å². The third kappa shape index (κ3) is 8.12. The minimum Gasteiger partial charge on any atom is -0.508 e. The van der Waals surface area contributed by atoms with Crippen molar-refractivity contribution in [3.8, 4) is 23.0 Å². The van der Waals surface area contributed by atoms with Crippen LogP contribution < -0.4 is 0 Å². The summed E-state index contributed by atoms with van der Waals surface area (Å²) in [6.45, 7) is 0. The second-order valence-electron chi connectivity index (χ2n) is 4.19. The molecule has 0 aliphatic heterocycles. The van der Waals surface area contributed by atoms with Crippen molar-refractivity contribution < 1.29 is 20.4 Å². The fourth-order valence-corrected chi connectivity index (χ4v) is 1.35. The van der Waals surface area contributed by atoms with E-state index < -0.39 is 0 Å².